The first-order valence-electron chi connectivity index (χ1n) is 8.20. The van der Waals surface area contributed by atoms with Crippen LogP contribution in [0.2, 0.25) is 0 Å². The summed E-state index contributed by atoms with van der Waals surface area (Å²) in [7, 11) is -1.29. The van der Waals surface area contributed by atoms with Gasteiger partial charge in [0.15, 0.2) is 0 Å². The minimum absolute atomic E-state index is 0.0198. The minimum atomic E-state index is -4.01. The van der Waals surface area contributed by atoms with Crippen molar-refractivity contribution in [3.63, 3.8) is 0 Å². The number of sulfonamides is 1. The molecule has 0 saturated carbocycles. The van der Waals surface area contributed by atoms with Gasteiger partial charge in [-0.15, -0.1) is 0 Å². The standard InChI is InChI=1S/C18H22N2O5S3/c1-18(2,27-26-3)16(17(21)19-22)20-28(23,24)15-11-9-14(10-12-15)25-13-7-5-4-6-8-13/h4-12,16,20,22H,1-3H3,(H,19,21)/t16-/m0/s1. The van der Waals surface area contributed by atoms with Gasteiger partial charge in [0.05, 0.1) is 4.90 Å². The molecule has 0 fully saturated rings. The molecule has 152 valence electrons. The van der Waals surface area contributed by atoms with Gasteiger partial charge in [-0.05, 0) is 56.5 Å². The predicted molar refractivity (Wildman–Crippen MR) is 112 cm³/mol. The van der Waals surface area contributed by atoms with Crippen molar-refractivity contribution in [1.29, 1.82) is 0 Å². The Morgan fingerprint density at radius 3 is 2.18 bits per heavy atom. The van der Waals surface area contributed by atoms with Gasteiger partial charge in [-0.25, -0.2) is 13.9 Å². The summed E-state index contributed by atoms with van der Waals surface area (Å²) in [4.78, 5) is 12.0. The highest BCUT2D eigenvalue weighted by molar-refractivity contribution is 8.77. The van der Waals surface area contributed by atoms with Gasteiger partial charge in [0.25, 0.3) is 5.91 Å². The summed E-state index contributed by atoms with van der Waals surface area (Å²) in [5.74, 6) is 0.277. The molecular weight excluding hydrogens is 420 g/mol. The van der Waals surface area contributed by atoms with Crippen LogP contribution in [0.3, 0.4) is 0 Å². The summed E-state index contributed by atoms with van der Waals surface area (Å²) in [6.07, 6.45) is 1.82. The van der Waals surface area contributed by atoms with Gasteiger partial charge in [0, 0.05) is 4.75 Å². The molecule has 0 aliphatic heterocycles. The molecule has 10 heteroatoms. The van der Waals surface area contributed by atoms with Crippen LogP contribution in [0.25, 0.3) is 0 Å². The molecule has 0 aliphatic carbocycles. The van der Waals surface area contributed by atoms with Crippen molar-refractivity contribution in [2.24, 2.45) is 0 Å². The van der Waals surface area contributed by atoms with Crippen LogP contribution in [-0.2, 0) is 14.8 Å². The summed E-state index contributed by atoms with van der Waals surface area (Å²) in [6.45, 7) is 3.43. The van der Waals surface area contributed by atoms with E-state index in [0.29, 0.717) is 11.5 Å². The quantitative estimate of drug-likeness (QED) is 0.310. The number of hydrogen-bond donors (Lipinski definition) is 3. The second kappa shape index (κ2) is 9.66. The molecule has 28 heavy (non-hydrogen) atoms. The van der Waals surface area contributed by atoms with E-state index in [2.05, 4.69) is 4.72 Å². The number of nitrogens with one attached hydrogen (secondary N) is 2. The fraction of sp³-hybridized carbons (Fsp3) is 0.278. The van der Waals surface area contributed by atoms with Crippen LogP contribution in [0, 0.1) is 0 Å². The Bertz CT molecular complexity index is 887. The second-order valence-corrected chi connectivity index (χ2v) is 11.0. The third-order valence-electron chi connectivity index (χ3n) is 3.75. The molecule has 0 aromatic heterocycles. The molecule has 0 bridgehead atoms. The zero-order chi connectivity index (χ0) is 20.8. The zero-order valence-corrected chi connectivity index (χ0v) is 18.0. The van der Waals surface area contributed by atoms with Crippen molar-refractivity contribution in [3.05, 3.63) is 54.6 Å². The average Bonchev–Trinajstić information content (AvgIpc) is 2.66. The lowest BCUT2D eigenvalue weighted by Crippen LogP contribution is -2.55. The summed E-state index contributed by atoms with van der Waals surface area (Å²) >= 11 is 0. The van der Waals surface area contributed by atoms with Crippen LogP contribution < -0.4 is 14.9 Å². The highest BCUT2D eigenvalue weighted by Crippen LogP contribution is 2.37. The minimum Gasteiger partial charge on any atom is -0.457 e. The van der Waals surface area contributed by atoms with Gasteiger partial charge in [-0.2, -0.15) is 4.72 Å². The summed E-state index contributed by atoms with van der Waals surface area (Å²) < 4.78 is 32.7. The van der Waals surface area contributed by atoms with Gasteiger partial charge < -0.3 is 4.74 Å². The molecule has 0 unspecified atom stereocenters. The molecule has 1 amide bonds. The molecule has 1 atom stereocenters. The average molecular weight is 443 g/mol. The van der Waals surface area contributed by atoms with Crippen molar-refractivity contribution < 1.29 is 23.2 Å². The lowest BCUT2D eigenvalue weighted by molar-refractivity contribution is -0.131. The number of para-hydroxylation sites is 1. The Morgan fingerprint density at radius 1 is 1.07 bits per heavy atom. The Kier molecular flexibility index (Phi) is 7.79. The zero-order valence-electron chi connectivity index (χ0n) is 15.6. The van der Waals surface area contributed by atoms with E-state index in [1.165, 1.54) is 51.3 Å². The largest absolute Gasteiger partial charge is 0.457 e. The molecule has 3 N–H and O–H groups in total. The maximum atomic E-state index is 12.8. The molecule has 7 nitrogen and oxygen atoms in total. The monoisotopic (exact) mass is 442 g/mol. The van der Waals surface area contributed by atoms with Crippen LogP contribution in [-0.4, -0.2) is 36.6 Å². The van der Waals surface area contributed by atoms with Crippen molar-refractivity contribution in [2.45, 2.75) is 29.5 Å². The first kappa shape index (κ1) is 22.6. The van der Waals surface area contributed by atoms with E-state index in [1.54, 1.807) is 26.0 Å². The molecule has 2 aromatic carbocycles. The summed E-state index contributed by atoms with van der Waals surface area (Å²) in [5.41, 5.74) is 1.53. The van der Waals surface area contributed by atoms with Gasteiger partial charge >= 0.3 is 0 Å². The third kappa shape index (κ3) is 5.89. The van der Waals surface area contributed by atoms with Gasteiger partial charge in [0.2, 0.25) is 10.0 Å². The van der Waals surface area contributed by atoms with E-state index >= 15 is 0 Å². The van der Waals surface area contributed by atoms with Crippen LogP contribution in [0.4, 0.5) is 0 Å². The van der Waals surface area contributed by atoms with E-state index in [0.717, 1.165) is 0 Å². The van der Waals surface area contributed by atoms with Crippen molar-refractivity contribution in [2.75, 3.05) is 6.26 Å². The first-order valence-corrected chi connectivity index (χ1v) is 12.2. The van der Waals surface area contributed by atoms with Crippen LogP contribution >= 0.6 is 21.6 Å². The van der Waals surface area contributed by atoms with Gasteiger partial charge in [-0.3, -0.25) is 10.0 Å². The van der Waals surface area contributed by atoms with E-state index in [-0.39, 0.29) is 4.90 Å². The molecule has 0 radical (unpaired) electrons. The topological polar surface area (TPSA) is 105 Å². The number of carbonyl (C=O) groups is 1. The molecule has 0 saturated heterocycles. The SMILES string of the molecule is CSSC(C)(C)[C@@H](NS(=O)(=O)c1ccc(Oc2ccccc2)cc1)C(=O)NO. The Morgan fingerprint density at radius 2 is 1.64 bits per heavy atom. The molecular formula is C18H22N2O5S3. The van der Waals surface area contributed by atoms with Gasteiger partial charge in [-0.1, -0.05) is 39.8 Å². The molecule has 2 aromatic rings. The number of ether oxygens (including phenoxy) is 1. The maximum Gasteiger partial charge on any atom is 0.262 e. The molecule has 0 heterocycles. The highest BCUT2D eigenvalue weighted by atomic mass is 33.1. The summed E-state index contributed by atoms with van der Waals surface area (Å²) in [5, 5.41) is 9.01. The number of benzene rings is 2. The number of rotatable bonds is 9. The lowest BCUT2D eigenvalue weighted by Gasteiger charge is -2.31. The Labute approximate surface area is 172 Å². The number of hydrogen-bond acceptors (Lipinski definition) is 7. The van der Waals surface area contributed by atoms with E-state index in [1.807, 2.05) is 24.5 Å². The van der Waals surface area contributed by atoms with Crippen LogP contribution in [0.1, 0.15) is 13.8 Å². The molecule has 2 rings (SSSR count). The fourth-order valence-electron chi connectivity index (χ4n) is 2.37. The predicted octanol–water partition coefficient (Wildman–Crippen LogP) is 3.42. The first-order chi connectivity index (χ1) is 13.2. The third-order valence-corrected chi connectivity index (χ3v) is 7.81. The molecule has 0 spiro atoms. The lowest BCUT2D eigenvalue weighted by atomic mass is 10.0. The Balaban J connectivity index is 2.21. The van der Waals surface area contributed by atoms with Crippen LogP contribution in [0.15, 0.2) is 59.5 Å². The van der Waals surface area contributed by atoms with Crippen LogP contribution in [0.5, 0.6) is 11.5 Å². The normalized spacial score (nSPS) is 13.0. The number of carbonyl (C=O) groups excluding carboxylic acids is 1. The van der Waals surface area contributed by atoms with Gasteiger partial charge in [0.1, 0.15) is 17.5 Å². The van der Waals surface area contributed by atoms with Crippen molar-refractivity contribution in [3.8, 4) is 11.5 Å². The summed E-state index contributed by atoms with van der Waals surface area (Å²) in [6, 6.07) is 13.8. The van der Waals surface area contributed by atoms with Crippen molar-refractivity contribution >= 4 is 37.5 Å². The molecule has 0 aliphatic rings. The highest BCUT2D eigenvalue weighted by Gasteiger charge is 2.39. The van der Waals surface area contributed by atoms with E-state index in [9.17, 15) is 13.2 Å². The number of amides is 1. The second-order valence-electron chi connectivity index (χ2n) is 6.27. The van der Waals surface area contributed by atoms with E-state index < -0.39 is 26.7 Å². The van der Waals surface area contributed by atoms with Crippen molar-refractivity contribution in [1.82, 2.24) is 10.2 Å². The number of hydroxylamine groups is 1. The smallest absolute Gasteiger partial charge is 0.262 e. The Hall–Kier alpha value is -1.72. The van der Waals surface area contributed by atoms with E-state index in [4.69, 9.17) is 9.94 Å². The maximum absolute atomic E-state index is 12.8. The fourth-order valence-corrected chi connectivity index (χ4v) is 6.06.